The molecule has 6 heavy (non-hydrogen) atoms. The number of hydrogen-bond acceptors (Lipinski definition) is 0. The van der Waals surface area contributed by atoms with E-state index in [1.807, 2.05) is 13.8 Å². The maximum Gasteiger partial charge on any atom is 3.00 e. The van der Waals surface area contributed by atoms with Crippen LogP contribution in [0.25, 0.3) is 0 Å². The van der Waals surface area contributed by atoms with Gasteiger partial charge in [0.15, 0.2) is 0 Å². The van der Waals surface area contributed by atoms with Crippen LogP contribution in [0.3, 0.4) is 0 Å². The number of rotatable bonds is 0. The topological polar surface area (TPSA) is 0 Å². The van der Waals surface area contributed by atoms with Crippen molar-refractivity contribution >= 4 is 17.4 Å². The molecule has 0 atom stereocenters. The minimum Gasteiger partial charge on any atom is -1.00 e. The van der Waals surface area contributed by atoms with E-state index in [4.69, 9.17) is 0 Å². The van der Waals surface area contributed by atoms with E-state index < -0.39 is 0 Å². The molecule has 2 heteroatoms. The molecule has 0 aromatic heterocycles. The molecule has 0 nitrogen and oxygen atoms in total. The van der Waals surface area contributed by atoms with Gasteiger partial charge in [-0.2, -0.15) is 0 Å². The Morgan fingerprint density at radius 2 is 1.33 bits per heavy atom. The monoisotopic (exact) mass is 118 g/mol. The van der Waals surface area contributed by atoms with E-state index in [2.05, 4.69) is 6.58 Å². The maximum atomic E-state index is 3.56. The molecular formula is C4H8AlCl+2. The van der Waals surface area contributed by atoms with Crippen LogP contribution in [0.5, 0.6) is 0 Å². The summed E-state index contributed by atoms with van der Waals surface area (Å²) in [5.41, 5.74) is 1.17. The molecule has 0 amide bonds. The summed E-state index contributed by atoms with van der Waals surface area (Å²) in [7, 11) is 0. The molecule has 0 aromatic carbocycles. The van der Waals surface area contributed by atoms with Gasteiger partial charge in [-0.15, -0.1) is 6.58 Å². The molecule has 0 aromatic rings. The molecule has 0 saturated carbocycles. The molecule has 32 valence electrons. The van der Waals surface area contributed by atoms with Crippen LogP contribution in [-0.4, -0.2) is 17.4 Å². The summed E-state index contributed by atoms with van der Waals surface area (Å²) in [6, 6.07) is 0. The summed E-state index contributed by atoms with van der Waals surface area (Å²) >= 11 is 0. The zero-order valence-corrected chi connectivity index (χ0v) is 6.07. The van der Waals surface area contributed by atoms with Gasteiger partial charge >= 0.3 is 17.4 Å². The molecule has 0 spiro atoms. The normalized spacial score (nSPS) is 4.33. The van der Waals surface area contributed by atoms with E-state index in [0.29, 0.717) is 0 Å². The van der Waals surface area contributed by atoms with Gasteiger partial charge in [-0.25, -0.2) is 0 Å². The Bertz CT molecular complexity index is 30.5. The predicted octanol–water partition coefficient (Wildman–Crippen LogP) is -1.79. The zero-order chi connectivity index (χ0) is 3.58. The van der Waals surface area contributed by atoms with Crippen LogP contribution in [0, 0.1) is 0 Å². The van der Waals surface area contributed by atoms with Crippen LogP contribution in [0.4, 0.5) is 0 Å². The van der Waals surface area contributed by atoms with Crippen LogP contribution in [0.2, 0.25) is 0 Å². The molecule has 0 unspecified atom stereocenters. The van der Waals surface area contributed by atoms with Crippen molar-refractivity contribution in [1.29, 1.82) is 0 Å². The third-order valence-electron chi connectivity index (χ3n) is 0. The minimum atomic E-state index is 0. The van der Waals surface area contributed by atoms with Crippen LogP contribution in [0.15, 0.2) is 12.2 Å². The first kappa shape index (κ1) is 16.0. The Morgan fingerprint density at radius 3 is 1.33 bits per heavy atom. The zero-order valence-electron chi connectivity index (χ0n) is 4.16. The predicted molar refractivity (Wildman–Crippen MR) is 26.2 cm³/mol. The van der Waals surface area contributed by atoms with E-state index in [9.17, 15) is 0 Å². The maximum absolute atomic E-state index is 3.56. The number of halogens is 1. The van der Waals surface area contributed by atoms with Crippen molar-refractivity contribution < 1.29 is 12.4 Å². The van der Waals surface area contributed by atoms with Gasteiger partial charge in [0, 0.05) is 0 Å². The minimum absolute atomic E-state index is 0. The fourth-order valence-electron chi connectivity index (χ4n) is 0. The summed E-state index contributed by atoms with van der Waals surface area (Å²) in [5.74, 6) is 0. The first-order chi connectivity index (χ1) is 1.73. The fourth-order valence-corrected chi connectivity index (χ4v) is 0. The van der Waals surface area contributed by atoms with Gasteiger partial charge in [0.2, 0.25) is 0 Å². The summed E-state index contributed by atoms with van der Waals surface area (Å²) in [6.45, 7) is 7.50. The van der Waals surface area contributed by atoms with Crippen LogP contribution >= 0.6 is 0 Å². The van der Waals surface area contributed by atoms with Gasteiger partial charge < -0.3 is 12.4 Å². The Hall–Kier alpha value is 0.562. The number of hydrogen-bond donors (Lipinski definition) is 0. The second-order valence-corrected chi connectivity index (χ2v) is 1.21. The van der Waals surface area contributed by atoms with Crippen LogP contribution in [-0.2, 0) is 0 Å². The fraction of sp³-hybridized carbons (Fsp3) is 0.500. The van der Waals surface area contributed by atoms with E-state index >= 15 is 0 Å². The van der Waals surface area contributed by atoms with Crippen molar-refractivity contribution in [3.63, 3.8) is 0 Å². The van der Waals surface area contributed by atoms with E-state index in [-0.39, 0.29) is 29.8 Å². The molecule has 0 heterocycles. The van der Waals surface area contributed by atoms with Crippen molar-refractivity contribution in [2.75, 3.05) is 0 Å². The number of allylic oxidation sites excluding steroid dienone is 1. The van der Waals surface area contributed by atoms with Crippen LogP contribution < -0.4 is 12.4 Å². The molecule has 0 rings (SSSR count). The van der Waals surface area contributed by atoms with Gasteiger partial charge in [-0.1, -0.05) is 5.57 Å². The Balaban J connectivity index is -0.0000000450. The standard InChI is InChI=1S/C4H8.Al.ClH/c1-4(2)3;;/h1H2,2-3H3;;1H/q;+3;/p-1. The summed E-state index contributed by atoms with van der Waals surface area (Å²) in [5, 5.41) is 0. The average molecular weight is 119 g/mol. The largest absolute Gasteiger partial charge is 3.00 e. The molecule has 0 aliphatic heterocycles. The van der Waals surface area contributed by atoms with E-state index in [1.54, 1.807) is 0 Å². The molecule has 0 radical (unpaired) electrons. The van der Waals surface area contributed by atoms with Crippen molar-refractivity contribution in [2.45, 2.75) is 13.8 Å². The van der Waals surface area contributed by atoms with Crippen LogP contribution in [0.1, 0.15) is 13.8 Å². The average Bonchev–Trinajstić information content (AvgIpc) is 0.811. The van der Waals surface area contributed by atoms with E-state index in [1.165, 1.54) is 5.57 Å². The third-order valence-corrected chi connectivity index (χ3v) is 0. The van der Waals surface area contributed by atoms with E-state index in [0.717, 1.165) is 0 Å². The molecule has 0 fully saturated rings. The third kappa shape index (κ3) is 183. The summed E-state index contributed by atoms with van der Waals surface area (Å²) in [4.78, 5) is 0. The first-order valence-corrected chi connectivity index (χ1v) is 1.35. The molecule has 0 N–H and O–H groups in total. The second kappa shape index (κ2) is 9.12. The summed E-state index contributed by atoms with van der Waals surface area (Å²) < 4.78 is 0. The van der Waals surface area contributed by atoms with Gasteiger partial charge in [0.05, 0.1) is 0 Å². The SMILES string of the molecule is C=C(C)C.[Al+3].[Cl-]. The Labute approximate surface area is 56.2 Å². The smallest absolute Gasteiger partial charge is 1.00 e. The molecule has 0 saturated heterocycles. The molecule has 0 aliphatic rings. The summed E-state index contributed by atoms with van der Waals surface area (Å²) in [6.07, 6.45) is 0. The first-order valence-electron chi connectivity index (χ1n) is 1.35. The Morgan fingerprint density at radius 1 is 1.33 bits per heavy atom. The van der Waals surface area contributed by atoms with Gasteiger partial charge in [-0.3, -0.25) is 0 Å². The molecule has 0 bridgehead atoms. The Kier molecular flexibility index (Phi) is 24.3. The van der Waals surface area contributed by atoms with Crippen molar-refractivity contribution in [2.24, 2.45) is 0 Å². The molecule has 0 aliphatic carbocycles. The van der Waals surface area contributed by atoms with Gasteiger partial charge in [-0.05, 0) is 13.8 Å². The van der Waals surface area contributed by atoms with Crippen molar-refractivity contribution in [3.05, 3.63) is 12.2 Å². The van der Waals surface area contributed by atoms with Crippen molar-refractivity contribution in [3.8, 4) is 0 Å². The van der Waals surface area contributed by atoms with Crippen molar-refractivity contribution in [1.82, 2.24) is 0 Å². The second-order valence-electron chi connectivity index (χ2n) is 1.21. The quantitative estimate of drug-likeness (QED) is 0.260. The molecular weight excluding hydrogens is 110 g/mol. The van der Waals surface area contributed by atoms with Gasteiger partial charge in [0.1, 0.15) is 0 Å². The van der Waals surface area contributed by atoms with Gasteiger partial charge in [0.25, 0.3) is 0 Å².